The van der Waals surface area contributed by atoms with E-state index >= 15 is 0 Å². The minimum absolute atomic E-state index is 0.221. The third-order valence-electron chi connectivity index (χ3n) is 2.99. The second-order valence-electron chi connectivity index (χ2n) is 4.34. The molecule has 0 N–H and O–H groups in total. The zero-order valence-electron chi connectivity index (χ0n) is 10.5. The van der Waals surface area contributed by atoms with E-state index in [9.17, 15) is 9.59 Å². The molecular formula is C14H13Cl2NO2. The maximum Gasteiger partial charge on any atom is 0.278 e. The molecule has 1 aliphatic heterocycles. The number of halogens is 2. The topological polar surface area (TPSA) is 37.4 Å². The Morgan fingerprint density at radius 3 is 2.00 bits per heavy atom. The van der Waals surface area contributed by atoms with Gasteiger partial charge in [-0.15, -0.1) is 0 Å². The van der Waals surface area contributed by atoms with Crippen molar-refractivity contribution in [3.05, 3.63) is 39.9 Å². The lowest BCUT2D eigenvalue weighted by Gasteiger charge is -2.14. The number of carbonyl (C=O) groups excluding carboxylic acids is 2. The van der Waals surface area contributed by atoms with Gasteiger partial charge in [0.05, 0.1) is 5.69 Å². The van der Waals surface area contributed by atoms with Crippen LogP contribution in [-0.4, -0.2) is 11.8 Å². The standard InChI is InChI=1S/C14H13Cl2NO2/c1-2-3-4-9-5-7-10(8-6-9)17-13(18)11(15)12(16)14(17)19/h5-8H,2-4H2,1H3. The van der Waals surface area contributed by atoms with Gasteiger partial charge >= 0.3 is 0 Å². The van der Waals surface area contributed by atoms with Crippen LogP contribution in [-0.2, 0) is 16.0 Å². The highest BCUT2D eigenvalue weighted by Crippen LogP contribution is 2.31. The van der Waals surface area contributed by atoms with Gasteiger partial charge in [0.25, 0.3) is 11.8 Å². The summed E-state index contributed by atoms with van der Waals surface area (Å²) in [5, 5.41) is -0.441. The molecule has 1 aliphatic rings. The van der Waals surface area contributed by atoms with Crippen molar-refractivity contribution in [2.24, 2.45) is 0 Å². The summed E-state index contributed by atoms with van der Waals surface area (Å²) in [6.07, 6.45) is 3.22. The number of rotatable bonds is 4. The van der Waals surface area contributed by atoms with Gasteiger partial charge in [-0.05, 0) is 30.5 Å². The number of hydrogen-bond donors (Lipinski definition) is 0. The molecule has 0 unspecified atom stereocenters. The highest BCUT2D eigenvalue weighted by atomic mass is 35.5. The number of aryl methyl sites for hydroxylation is 1. The minimum Gasteiger partial charge on any atom is -0.267 e. The Hall–Kier alpha value is -1.32. The highest BCUT2D eigenvalue weighted by Gasteiger charge is 2.37. The van der Waals surface area contributed by atoms with Gasteiger partial charge < -0.3 is 0 Å². The van der Waals surface area contributed by atoms with Crippen LogP contribution in [0.5, 0.6) is 0 Å². The molecule has 5 heteroatoms. The number of amides is 2. The van der Waals surface area contributed by atoms with Gasteiger partial charge in [0, 0.05) is 0 Å². The summed E-state index contributed by atoms with van der Waals surface area (Å²) in [4.78, 5) is 24.6. The Labute approximate surface area is 121 Å². The van der Waals surface area contributed by atoms with E-state index in [2.05, 4.69) is 6.92 Å². The van der Waals surface area contributed by atoms with E-state index < -0.39 is 11.8 Å². The van der Waals surface area contributed by atoms with E-state index in [4.69, 9.17) is 23.2 Å². The second-order valence-corrected chi connectivity index (χ2v) is 5.10. The fourth-order valence-corrected chi connectivity index (χ4v) is 2.23. The Kier molecular flexibility index (Phi) is 4.27. The van der Waals surface area contributed by atoms with Gasteiger partial charge in [-0.25, -0.2) is 4.90 Å². The van der Waals surface area contributed by atoms with Crippen molar-refractivity contribution in [3.8, 4) is 0 Å². The number of hydrogen-bond acceptors (Lipinski definition) is 2. The smallest absolute Gasteiger partial charge is 0.267 e. The van der Waals surface area contributed by atoms with Crippen molar-refractivity contribution < 1.29 is 9.59 Å². The average molecular weight is 298 g/mol. The molecule has 0 aromatic heterocycles. The van der Waals surface area contributed by atoms with Crippen LogP contribution in [0.2, 0.25) is 0 Å². The molecular weight excluding hydrogens is 285 g/mol. The zero-order chi connectivity index (χ0) is 14.0. The van der Waals surface area contributed by atoms with Crippen LogP contribution in [0.4, 0.5) is 5.69 Å². The lowest BCUT2D eigenvalue weighted by molar-refractivity contribution is -0.120. The molecule has 0 atom stereocenters. The fourth-order valence-electron chi connectivity index (χ4n) is 1.90. The molecule has 100 valence electrons. The van der Waals surface area contributed by atoms with Crippen LogP contribution in [0.25, 0.3) is 0 Å². The zero-order valence-corrected chi connectivity index (χ0v) is 12.0. The molecule has 0 aliphatic carbocycles. The summed E-state index contributed by atoms with van der Waals surface area (Å²) in [6.45, 7) is 2.13. The number of unbranched alkanes of at least 4 members (excludes halogenated alkanes) is 1. The van der Waals surface area contributed by atoms with Gasteiger partial charge in [-0.2, -0.15) is 0 Å². The quantitative estimate of drug-likeness (QED) is 0.797. The van der Waals surface area contributed by atoms with Crippen LogP contribution < -0.4 is 4.90 Å². The lowest BCUT2D eigenvalue weighted by atomic mass is 10.1. The normalized spacial score (nSPS) is 15.6. The summed E-state index contributed by atoms with van der Waals surface area (Å²) < 4.78 is 0. The first-order valence-corrected chi connectivity index (χ1v) is 6.84. The van der Waals surface area contributed by atoms with E-state index in [0.29, 0.717) is 5.69 Å². The van der Waals surface area contributed by atoms with E-state index in [1.54, 1.807) is 12.1 Å². The number of benzene rings is 1. The van der Waals surface area contributed by atoms with Gasteiger partial charge in [-0.1, -0.05) is 48.7 Å². The first kappa shape index (κ1) is 14.1. The minimum atomic E-state index is -0.571. The Bertz CT molecular complexity index is 525. The van der Waals surface area contributed by atoms with Crippen LogP contribution in [0.3, 0.4) is 0 Å². The summed E-state index contributed by atoms with van der Waals surface area (Å²) in [6, 6.07) is 7.29. The number of nitrogens with zero attached hydrogens (tertiary/aromatic N) is 1. The lowest BCUT2D eigenvalue weighted by Crippen LogP contribution is -2.30. The van der Waals surface area contributed by atoms with Crippen molar-refractivity contribution in [1.82, 2.24) is 0 Å². The van der Waals surface area contributed by atoms with E-state index in [-0.39, 0.29) is 10.1 Å². The number of anilines is 1. The SMILES string of the molecule is CCCCc1ccc(N2C(=O)C(Cl)=C(Cl)C2=O)cc1. The molecule has 0 radical (unpaired) electrons. The van der Waals surface area contributed by atoms with Crippen LogP contribution in [0.1, 0.15) is 25.3 Å². The predicted molar refractivity (Wildman–Crippen MR) is 76.3 cm³/mol. The third-order valence-corrected chi connectivity index (χ3v) is 3.79. The van der Waals surface area contributed by atoms with Gasteiger partial charge in [-0.3, -0.25) is 9.59 Å². The molecule has 2 rings (SSSR count). The third kappa shape index (κ3) is 2.67. The van der Waals surface area contributed by atoms with Crippen LogP contribution in [0, 0.1) is 0 Å². The summed E-state index contributed by atoms with van der Waals surface area (Å²) in [5.41, 5.74) is 1.67. The van der Waals surface area contributed by atoms with Crippen molar-refractivity contribution in [3.63, 3.8) is 0 Å². The highest BCUT2D eigenvalue weighted by molar-refractivity contribution is 6.62. The Morgan fingerprint density at radius 1 is 1.00 bits per heavy atom. The number of carbonyl (C=O) groups is 2. The van der Waals surface area contributed by atoms with Gasteiger partial charge in [0.1, 0.15) is 10.1 Å². The Balaban J connectivity index is 2.20. The molecule has 0 fully saturated rings. The molecule has 19 heavy (non-hydrogen) atoms. The monoisotopic (exact) mass is 297 g/mol. The van der Waals surface area contributed by atoms with Gasteiger partial charge in [0.2, 0.25) is 0 Å². The van der Waals surface area contributed by atoms with Gasteiger partial charge in [0.15, 0.2) is 0 Å². The maximum atomic E-state index is 11.8. The second kappa shape index (κ2) is 5.76. The summed E-state index contributed by atoms with van der Waals surface area (Å²) >= 11 is 11.4. The van der Waals surface area contributed by atoms with Crippen LogP contribution in [0.15, 0.2) is 34.3 Å². The molecule has 3 nitrogen and oxygen atoms in total. The molecule has 1 aromatic rings. The molecule has 0 bridgehead atoms. The first-order chi connectivity index (χ1) is 9.06. The van der Waals surface area contributed by atoms with E-state index in [0.717, 1.165) is 24.2 Å². The van der Waals surface area contributed by atoms with Crippen LogP contribution >= 0.6 is 23.2 Å². The largest absolute Gasteiger partial charge is 0.278 e. The van der Waals surface area contributed by atoms with E-state index in [1.807, 2.05) is 12.1 Å². The van der Waals surface area contributed by atoms with E-state index in [1.165, 1.54) is 5.56 Å². The predicted octanol–water partition coefficient (Wildman–Crippen LogP) is 3.59. The summed E-state index contributed by atoms with van der Waals surface area (Å²) in [5.74, 6) is -1.14. The average Bonchev–Trinajstić information content (AvgIpc) is 2.62. The molecule has 0 saturated heterocycles. The number of imide groups is 1. The molecule has 1 heterocycles. The Morgan fingerprint density at radius 2 is 1.53 bits per heavy atom. The summed E-state index contributed by atoms with van der Waals surface area (Å²) in [7, 11) is 0. The fraction of sp³-hybridized carbons (Fsp3) is 0.286. The van der Waals surface area contributed by atoms with Crippen molar-refractivity contribution in [2.45, 2.75) is 26.2 Å². The van der Waals surface area contributed by atoms with Crippen molar-refractivity contribution in [1.29, 1.82) is 0 Å². The van der Waals surface area contributed by atoms with Crippen molar-refractivity contribution in [2.75, 3.05) is 4.90 Å². The molecule has 2 amide bonds. The maximum absolute atomic E-state index is 11.8. The molecule has 1 aromatic carbocycles. The van der Waals surface area contributed by atoms with Crippen molar-refractivity contribution >= 4 is 40.7 Å². The molecule has 0 saturated carbocycles. The molecule has 0 spiro atoms. The first-order valence-electron chi connectivity index (χ1n) is 6.09.